The van der Waals surface area contributed by atoms with E-state index in [9.17, 15) is 0 Å². The zero-order valence-electron chi connectivity index (χ0n) is 8.42. The van der Waals surface area contributed by atoms with Crippen LogP contribution in [0.15, 0.2) is 0 Å². The van der Waals surface area contributed by atoms with Gasteiger partial charge >= 0.3 is 0 Å². The molecule has 0 aromatic heterocycles. The second kappa shape index (κ2) is 3.31. The number of hydrogen-bond acceptors (Lipinski definition) is 2. The third-order valence-corrected chi connectivity index (χ3v) is 3.75. The number of likely N-dealkylation sites (tertiary alicyclic amines) is 1. The summed E-state index contributed by atoms with van der Waals surface area (Å²) in [6.07, 6.45) is 6.42. The average Bonchev–Trinajstić information content (AvgIpc) is 2.49. The summed E-state index contributed by atoms with van der Waals surface area (Å²) >= 11 is 0. The topological polar surface area (TPSA) is 27.0 Å². The molecular weight excluding hydrogens is 160 g/mol. The van der Waals surface area contributed by atoms with Gasteiger partial charge in [0.2, 0.25) is 0 Å². The highest BCUT2D eigenvalue weighted by Crippen LogP contribution is 2.46. The van der Waals surface area contributed by atoms with Crippen molar-refractivity contribution < 1.29 is 0 Å². The first-order valence-corrected chi connectivity index (χ1v) is 5.37. The van der Waals surface area contributed by atoms with Gasteiger partial charge in [0.25, 0.3) is 0 Å². The maximum atomic E-state index is 8.59. The predicted octanol–water partition coefficient (Wildman–Crippen LogP) is 2.16. The summed E-state index contributed by atoms with van der Waals surface area (Å²) < 4.78 is 0. The average molecular weight is 178 g/mol. The molecule has 72 valence electrons. The zero-order valence-corrected chi connectivity index (χ0v) is 8.42. The highest BCUT2D eigenvalue weighted by Gasteiger charge is 2.45. The van der Waals surface area contributed by atoms with Gasteiger partial charge in [-0.3, -0.25) is 4.90 Å². The maximum absolute atomic E-state index is 8.59. The van der Waals surface area contributed by atoms with Crippen LogP contribution in [0.5, 0.6) is 0 Å². The Morgan fingerprint density at radius 1 is 1.38 bits per heavy atom. The molecule has 1 saturated carbocycles. The van der Waals surface area contributed by atoms with Gasteiger partial charge < -0.3 is 0 Å². The van der Waals surface area contributed by atoms with E-state index in [-0.39, 0.29) is 0 Å². The van der Waals surface area contributed by atoms with Gasteiger partial charge in [0.15, 0.2) is 0 Å². The van der Waals surface area contributed by atoms with Gasteiger partial charge in [-0.15, -0.1) is 0 Å². The second-order valence-electron chi connectivity index (χ2n) is 4.82. The van der Waals surface area contributed by atoms with Crippen LogP contribution in [0.1, 0.15) is 39.0 Å². The Kier molecular flexibility index (Phi) is 2.29. The van der Waals surface area contributed by atoms with Crippen LogP contribution in [-0.2, 0) is 0 Å². The molecule has 2 heteroatoms. The lowest BCUT2D eigenvalue weighted by molar-refractivity contribution is -0.0204. The highest BCUT2D eigenvalue weighted by atomic mass is 15.2. The molecule has 1 aliphatic heterocycles. The lowest BCUT2D eigenvalue weighted by Crippen LogP contribution is -2.57. The van der Waals surface area contributed by atoms with Crippen LogP contribution in [0.4, 0.5) is 0 Å². The lowest BCUT2D eigenvalue weighted by Gasteiger charge is -2.51. The SMILES string of the molecule is CC(CC#N)N1CC2(CCCC2)C1. The minimum Gasteiger partial charge on any atom is -0.298 e. The second-order valence-corrected chi connectivity index (χ2v) is 4.82. The first-order valence-electron chi connectivity index (χ1n) is 5.37. The van der Waals surface area contributed by atoms with E-state index in [4.69, 9.17) is 5.26 Å². The molecule has 1 heterocycles. The Labute approximate surface area is 80.5 Å². The number of rotatable bonds is 2. The van der Waals surface area contributed by atoms with E-state index in [0.717, 1.165) is 0 Å². The smallest absolute Gasteiger partial charge is 0.0638 e. The fourth-order valence-corrected chi connectivity index (χ4v) is 2.83. The Balaban J connectivity index is 1.80. The molecule has 0 aromatic carbocycles. The molecule has 1 unspecified atom stereocenters. The van der Waals surface area contributed by atoms with E-state index in [1.54, 1.807) is 0 Å². The summed E-state index contributed by atoms with van der Waals surface area (Å²) in [7, 11) is 0. The predicted molar refractivity (Wildman–Crippen MR) is 52.2 cm³/mol. The molecule has 0 N–H and O–H groups in total. The van der Waals surface area contributed by atoms with Crippen LogP contribution in [0, 0.1) is 16.7 Å². The molecule has 1 saturated heterocycles. The fourth-order valence-electron chi connectivity index (χ4n) is 2.83. The van der Waals surface area contributed by atoms with Gasteiger partial charge in [-0.05, 0) is 25.2 Å². The maximum Gasteiger partial charge on any atom is 0.0638 e. The van der Waals surface area contributed by atoms with E-state index in [2.05, 4.69) is 17.9 Å². The number of nitriles is 1. The van der Waals surface area contributed by atoms with Gasteiger partial charge in [0.1, 0.15) is 0 Å². The third kappa shape index (κ3) is 1.58. The molecule has 2 nitrogen and oxygen atoms in total. The van der Waals surface area contributed by atoms with Crippen molar-refractivity contribution in [1.29, 1.82) is 5.26 Å². The summed E-state index contributed by atoms with van der Waals surface area (Å²) in [5.41, 5.74) is 0.684. The standard InChI is InChI=1S/C11H18N2/c1-10(4-7-12)13-8-11(9-13)5-2-3-6-11/h10H,2-6,8-9H2,1H3. The number of hydrogen-bond donors (Lipinski definition) is 0. The van der Waals surface area contributed by atoms with Gasteiger partial charge in [-0.1, -0.05) is 12.8 Å². The Bertz CT molecular complexity index is 215. The van der Waals surface area contributed by atoms with Gasteiger partial charge in [0, 0.05) is 19.1 Å². The number of nitrogens with zero attached hydrogens (tertiary/aromatic N) is 2. The van der Waals surface area contributed by atoms with Crippen molar-refractivity contribution in [2.75, 3.05) is 13.1 Å². The molecule has 13 heavy (non-hydrogen) atoms. The van der Waals surface area contributed by atoms with Crippen molar-refractivity contribution in [3.8, 4) is 6.07 Å². The summed E-state index contributed by atoms with van der Waals surface area (Å²) in [5.74, 6) is 0. The first-order chi connectivity index (χ1) is 6.26. The molecular formula is C11H18N2. The van der Waals surface area contributed by atoms with Gasteiger partial charge in [-0.25, -0.2) is 0 Å². The van der Waals surface area contributed by atoms with E-state index < -0.39 is 0 Å². The quantitative estimate of drug-likeness (QED) is 0.648. The molecule has 2 fully saturated rings. The van der Waals surface area contributed by atoms with E-state index >= 15 is 0 Å². The van der Waals surface area contributed by atoms with Crippen molar-refractivity contribution in [1.82, 2.24) is 4.90 Å². The summed E-state index contributed by atoms with van der Waals surface area (Å²) in [6.45, 7) is 4.69. The first kappa shape index (κ1) is 9.02. The summed E-state index contributed by atoms with van der Waals surface area (Å²) in [6, 6.07) is 2.74. The summed E-state index contributed by atoms with van der Waals surface area (Å²) in [4.78, 5) is 2.47. The summed E-state index contributed by atoms with van der Waals surface area (Å²) in [5, 5.41) is 8.59. The molecule has 0 amide bonds. The fraction of sp³-hybridized carbons (Fsp3) is 0.909. The van der Waals surface area contributed by atoms with Crippen molar-refractivity contribution >= 4 is 0 Å². The Morgan fingerprint density at radius 2 is 2.00 bits per heavy atom. The van der Waals surface area contributed by atoms with Crippen LogP contribution in [0.2, 0.25) is 0 Å². The molecule has 1 aliphatic carbocycles. The zero-order chi connectivity index (χ0) is 9.31. The van der Waals surface area contributed by atoms with E-state index in [1.807, 2.05) is 0 Å². The van der Waals surface area contributed by atoms with Crippen LogP contribution in [0.3, 0.4) is 0 Å². The third-order valence-electron chi connectivity index (χ3n) is 3.75. The van der Waals surface area contributed by atoms with Crippen LogP contribution < -0.4 is 0 Å². The van der Waals surface area contributed by atoms with E-state index in [0.29, 0.717) is 17.9 Å². The van der Waals surface area contributed by atoms with Crippen molar-refractivity contribution in [2.45, 2.75) is 45.1 Å². The molecule has 0 aromatic rings. The highest BCUT2D eigenvalue weighted by molar-refractivity contribution is 5.00. The van der Waals surface area contributed by atoms with Crippen molar-refractivity contribution in [3.05, 3.63) is 0 Å². The molecule has 2 aliphatic rings. The molecule has 2 rings (SSSR count). The van der Waals surface area contributed by atoms with Gasteiger partial charge in [-0.2, -0.15) is 5.26 Å². The van der Waals surface area contributed by atoms with E-state index in [1.165, 1.54) is 38.8 Å². The molecule has 0 bridgehead atoms. The lowest BCUT2D eigenvalue weighted by atomic mass is 9.77. The van der Waals surface area contributed by atoms with Crippen molar-refractivity contribution in [2.24, 2.45) is 5.41 Å². The molecule has 0 radical (unpaired) electrons. The van der Waals surface area contributed by atoms with Crippen molar-refractivity contribution in [3.63, 3.8) is 0 Å². The van der Waals surface area contributed by atoms with Gasteiger partial charge in [0.05, 0.1) is 12.5 Å². The Hall–Kier alpha value is -0.550. The van der Waals surface area contributed by atoms with Crippen LogP contribution in [0.25, 0.3) is 0 Å². The van der Waals surface area contributed by atoms with Crippen LogP contribution in [-0.4, -0.2) is 24.0 Å². The normalized spacial score (nSPS) is 28.3. The monoisotopic (exact) mass is 178 g/mol. The minimum atomic E-state index is 0.483. The molecule has 1 spiro atoms. The Morgan fingerprint density at radius 3 is 2.54 bits per heavy atom. The largest absolute Gasteiger partial charge is 0.298 e. The van der Waals surface area contributed by atoms with Crippen LogP contribution >= 0.6 is 0 Å². The minimum absolute atomic E-state index is 0.483. The molecule has 1 atom stereocenters.